The Bertz CT molecular complexity index is 1540. The molecule has 0 aliphatic carbocycles. The number of carboxylic acid groups (broad SMARTS) is 1. The van der Waals surface area contributed by atoms with Gasteiger partial charge >= 0.3 is 12.1 Å². The van der Waals surface area contributed by atoms with Crippen LogP contribution in [0.25, 0.3) is 10.1 Å². The molecule has 0 saturated carbocycles. The number of amides is 2. The third-order valence-corrected chi connectivity index (χ3v) is 10.8. The summed E-state index contributed by atoms with van der Waals surface area (Å²) in [5.41, 5.74) is -3.16. The Morgan fingerprint density at radius 1 is 1.23 bits per heavy atom. The van der Waals surface area contributed by atoms with E-state index >= 15 is 0 Å². The average Bonchev–Trinajstić information content (AvgIpc) is 3.39. The predicted octanol–water partition coefficient (Wildman–Crippen LogP) is 4.66. The van der Waals surface area contributed by atoms with Gasteiger partial charge in [0.05, 0.1) is 21.6 Å². The fourth-order valence-electron chi connectivity index (χ4n) is 4.41. The molecule has 4 heterocycles. The lowest BCUT2D eigenvalue weighted by Gasteiger charge is -2.53. The van der Waals surface area contributed by atoms with E-state index < -0.39 is 40.0 Å². The zero-order valence-electron chi connectivity index (χ0n) is 19.8. The van der Waals surface area contributed by atoms with Gasteiger partial charge in [0.25, 0.3) is 0 Å². The summed E-state index contributed by atoms with van der Waals surface area (Å²) < 4.78 is 40.5. The second-order valence-corrected chi connectivity index (χ2v) is 13.4. The van der Waals surface area contributed by atoms with E-state index in [2.05, 4.69) is 5.32 Å². The Labute approximate surface area is 236 Å². The number of aliphatic carboxylic acids is 1. The predicted molar refractivity (Wildman–Crippen MR) is 146 cm³/mol. The molecule has 2 amide bonds. The minimum Gasteiger partial charge on any atom is -0.481 e. The van der Waals surface area contributed by atoms with Crippen molar-refractivity contribution in [1.82, 2.24) is 10.2 Å². The number of carbonyl (C=O) groups is 3. The zero-order chi connectivity index (χ0) is 27.9. The molecule has 0 bridgehead atoms. The minimum absolute atomic E-state index is 0.0872. The van der Waals surface area contributed by atoms with Gasteiger partial charge in [-0.1, -0.05) is 30.0 Å². The largest absolute Gasteiger partial charge is 0.481 e. The lowest BCUT2D eigenvalue weighted by atomic mass is 9.87. The van der Waals surface area contributed by atoms with Gasteiger partial charge in [0.2, 0.25) is 11.8 Å². The molecular weight excluding hydrogens is 594 g/mol. The number of rotatable bonds is 7. The van der Waals surface area contributed by atoms with E-state index in [9.17, 15) is 37.5 Å². The molecule has 14 heteroatoms. The number of carbonyl (C=O) groups excluding carboxylic acids is 2. The Hall–Kier alpha value is -2.81. The number of alkyl halides is 3. The smallest absolute Gasteiger partial charge is 0.417 e. The molecule has 7 nitrogen and oxygen atoms in total. The fraction of sp³-hybridized carbons (Fsp3) is 0.280. The lowest BCUT2D eigenvalue weighted by Crippen LogP contribution is -2.73. The first-order valence-electron chi connectivity index (χ1n) is 11.4. The van der Waals surface area contributed by atoms with Gasteiger partial charge in [0.1, 0.15) is 16.8 Å². The molecule has 2 aromatic heterocycles. The summed E-state index contributed by atoms with van der Waals surface area (Å²) in [5, 5.41) is 15.3. The van der Waals surface area contributed by atoms with Crippen LogP contribution in [0.2, 0.25) is 0 Å². The fourth-order valence-corrected chi connectivity index (χ4v) is 8.73. The van der Waals surface area contributed by atoms with E-state index in [4.69, 9.17) is 0 Å². The van der Waals surface area contributed by atoms with Gasteiger partial charge in [-0.3, -0.25) is 19.2 Å². The Kier molecular flexibility index (Phi) is 7.57. The molecule has 5 rings (SSSR count). The van der Waals surface area contributed by atoms with Crippen molar-refractivity contribution in [2.45, 2.75) is 28.2 Å². The standard InChI is InChI=1S/C25H19F3N2O5S4/c26-25(27,28)14-4-1-5-16-19(14)15(31)10-18(39-16)37-8-6-24(23(34)35)11-30-21(33)20(22(30)38-12-24)29-17(32)9-13-3-2-7-36-13/h1-8,10,20,22H,9,11-12H2,(H,29,32)(H,34,35)/t20?,22-,24?/m1/s1. The maximum atomic E-state index is 13.3. The third kappa shape index (κ3) is 5.47. The molecular formula is C25H19F3N2O5S4. The summed E-state index contributed by atoms with van der Waals surface area (Å²) in [6.45, 7) is -0.0872. The number of thioether (sulfide) groups is 2. The monoisotopic (exact) mass is 612 g/mol. The van der Waals surface area contributed by atoms with Crippen molar-refractivity contribution in [2.24, 2.45) is 5.41 Å². The lowest BCUT2D eigenvalue weighted by molar-refractivity contribution is -0.156. The number of thiophene rings is 1. The normalized spacial score (nSPS) is 23.1. The zero-order valence-corrected chi connectivity index (χ0v) is 23.0. The van der Waals surface area contributed by atoms with Crippen LogP contribution in [0, 0.1) is 5.41 Å². The first-order valence-corrected chi connectivity index (χ1v) is 15.1. The number of β-lactam (4-membered cyclic amide) rings is 1. The van der Waals surface area contributed by atoms with Gasteiger partial charge in [-0.2, -0.15) is 13.2 Å². The van der Waals surface area contributed by atoms with Crippen molar-refractivity contribution in [1.29, 1.82) is 0 Å². The van der Waals surface area contributed by atoms with E-state index in [1.807, 2.05) is 17.5 Å². The SMILES string of the molecule is O=C(Cc1cccs1)NC1C(=O)N2CC(C=CSc3cc(=O)c4c(C(F)(F)F)cccc4s3)(C(=O)O)CS[C@H]12. The number of nitrogens with one attached hydrogen (secondary N) is 1. The van der Waals surface area contributed by atoms with E-state index in [1.54, 1.807) is 0 Å². The summed E-state index contributed by atoms with van der Waals surface area (Å²) in [4.78, 5) is 52.2. The molecule has 204 valence electrons. The molecule has 1 aromatic carbocycles. The van der Waals surface area contributed by atoms with Gasteiger partial charge in [-0.05, 0) is 29.0 Å². The summed E-state index contributed by atoms with van der Waals surface area (Å²) in [6.07, 6.45) is -3.05. The average molecular weight is 613 g/mol. The number of benzene rings is 1. The number of halogens is 3. The van der Waals surface area contributed by atoms with Gasteiger partial charge in [0.15, 0.2) is 5.43 Å². The van der Waals surface area contributed by atoms with E-state index in [0.717, 1.165) is 40.1 Å². The summed E-state index contributed by atoms with van der Waals surface area (Å²) in [6, 6.07) is 7.60. The molecule has 0 spiro atoms. The van der Waals surface area contributed by atoms with E-state index in [-0.39, 0.29) is 40.6 Å². The van der Waals surface area contributed by atoms with Crippen LogP contribution >= 0.6 is 46.2 Å². The number of carboxylic acids is 1. The van der Waals surface area contributed by atoms with Crippen LogP contribution in [-0.4, -0.2) is 51.5 Å². The van der Waals surface area contributed by atoms with Gasteiger partial charge in [-0.15, -0.1) is 34.4 Å². The highest BCUT2D eigenvalue weighted by Gasteiger charge is 2.56. The molecule has 3 aromatic rings. The van der Waals surface area contributed by atoms with Crippen molar-refractivity contribution in [2.75, 3.05) is 12.3 Å². The van der Waals surface area contributed by atoms with Gasteiger partial charge < -0.3 is 15.3 Å². The molecule has 2 N–H and O–H groups in total. The first-order chi connectivity index (χ1) is 18.5. The molecule has 2 fully saturated rings. The molecule has 2 saturated heterocycles. The number of fused-ring (bicyclic) bond motifs is 2. The van der Waals surface area contributed by atoms with Gasteiger partial charge in [0, 0.05) is 27.9 Å². The molecule has 2 aliphatic rings. The van der Waals surface area contributed by atoms with Gasteiger partial charge in [-0.25, -0.2) is 0 Å². The van der Waals surface area contributed by atoms with Crippen LogP contribution < -0.4 is 10.7 Å². The molecule has 0 radical (unpaired) electrons. The summed E-state index contributed by atoms with van der Waals surface area (Å²) in [5.74, 6) is -1.62. The molecule has 39 heavy (non-hydrogen) atoms. The third-order valence-electron chi connectivity index (χ3n) is 6.37. The Morgan fingerprint density at radius 3 is 2.72 bits per heavy atom. The number of hydrogen-bond donors (Lipinski definition) is 2. The summed E-state index contributed by atoms with van der Waals surface area (Å²) >= 11 is 4.73. The first kappa shape index (κ1) is 27.7. The van der Waals surface area contributed by atoms with Crippen molar-refractivity contribution >= 4 is 74.1 Å². The second kappa shape index (κ2) is 10.6. The van der Waals surface area contributed by atoms with Crippen LogP contribution in [0.5, 0.6) is 0 Å². The quantitative estimate of drug-likeness (QED) is 0.296. The highest BCUT2D eigenvalue weighted by atomic mass is 32.2. The van der Waals surface area contributed by atoms with E-state index in [1.165, 1.54) is 51.6 Å². The molecule has 3 atom stereocenters. The van der Waals surface area contributed by atoms with Crippen molar-refractivity contribution < 1.29 is 32.7 Å². The Morgan fingerprint density at radius 2 is 2.03 bits per heavy atom. The van der Waals surface area contributed by atoms with Crippen molar-refractivity contribution in [3.8, 4) is 0 Å². The maximum Gasteiger partial charge on any atom is 0.417 e. The van der Waals surface area contributed by atoms with Crippen LogP contribution in [0.4, 0.5) is 13.2 Å². The highest BCUT2D eigenvalue weighted by molar-refractivity contribution is 8.04. The van der Waals surface area contributed by atoms with E-state index in [0.29, 0.717) is 4.21 Å². The number of nitrogens with zero attached hydrogens (tertiary/aromatic N) is 1. The second-order valence-electron chi connectivity index (χ2n) is 8.96. The van der Waals surface area contributed by atoms with Crippen LogP contribution in [0.15, 0.2) is 62.3 Å². The maximum absolute atomic E-state index is 13.3. The van der Waals surface area contributed by atoms with Crippen molar-refractivity contribution in [3.05, 3.63) is 73.9 Å². The van der Waals surface area contributed by atoms with Crippen LogP contribution in [0.3, 0.4) is 0 Å². The Balaban J connectivity index is 1.27. The highest BCUT2D eigenvalue weighted by Crippen LogP contribution is 2.44. The topological polar surface area (TPSA) is 104 Å². The molecule has 2 unspecified atom stereocenters. The molecule has 2 aliphatic heterocycles. The summed E-state index contributed by atoms with van der Waals surface area (Å²) in [7, 11) is 0. The van der Waals surface area contributed by atoms with Crippen LogP contribution in [0.1, 0.15) is 10.4 Å². The van der Waals surface area contributed by atoms with Crippen LogP contribution in [-0.2, 0) is 27.0 Å². The minimum atomic E-state index is -4.66. The number of hydrogen-bond acceptors (Lipinski definition) is 8. The van der Waals surface area contributed by atoms with Crippen molar-refractivity contribution in [3.63, 3.8) is 0 Å².